The van der Waals surface area contributed by atoms with E-state index < -0.39 is 5.97 Å². The van der Waals surface area contributed by atoms with Crippen LogP contribution in [0.2, 0.25) is 0 Å². The van der Waals surface area contributed by atoms with Gasteiger partial charge in [-0.05, 0) is 48.9 Å². The zero-order chi connectivity index (χ0) is 28.1. The van der Waals surface area contributed by atoms with E-state index in [2.05, 4.69) is 46.7 Å². The molecule has 41 heavy (non-hydrogen) atoms. The van der Waals surface area contributed by atoms with E-state index in [0.717, 1.165) is 48.7 Å². The van der Waals surface area contributed by atoms with Crippen molar-refractivity contribution >= 4 is 17.0 Å². The number of aromatic nitrogens is 3. The highest BCUT2D eigenvalue weighted by atomic mass is 16.5. The number of carboxylic acid groups (broad SMARTS) is 1. The first kappa shape index (κ1) is 26.0. The highest BCUT2D eigenvalue weighted by Gasteiger charge is 2.57. The molecule has 2 aromatic carbocycles. The van der Waals surface area contributed by atoms with E-state index in [1.165, 1.54) is 5.56 Å². The Balaban J connectivity index is 1.05. The van der Waals surface area contributed by atoms with Crippen LogP contribution in [0.1, 0.15) is 45.3 Å². The van der Waals surface area contributed by atoms with Gasteiger partial charge < -0.3 is 23.9 Å². The number of ether oxygens (including phenoxy) is 3. The standard InChI is InChI=1S/C32H34N4O5/c1-19-6-8-20(9-7-19)18-41-29-5-3-4-25(33-29)30-23-15-35(16-24(23)30)17-28-34-31-26(36(28)14-22-10-11-40-22)12-21(32(37)38)13-27(31)39-2/h3-9,12-13,22-24,30H,10-11,14-18H2,1-2H3,(H,37,38)/t22-,23-,24+,30?/m0/s1. The lowest BCUT2D eigenvalue weighted by Crippen LogP contribution is -2.33. The van der Waals surface area contributed by atoms with Gasteiger partial charge in [-0.25, -0.2) is 14.8 Å². The predicted octanol–water partition coefficient (Wildman–Crippen LogP) is 4.66. The van der Waals surface area contributed by atoms with Crippen LogP contribution in [0.25, 0.3) is 11.0 Å². The molecule has 3 aliphatic rings. The third-order valence-corrected chi connectivity index (χ3v) is 8.77. The van der Waals surface area contributed by atoms with E-state index >= 15 is 0 Å². The molecule has 7 rings (SSSR count). The molecule has 1 unspecified atom stereocenters. The third kappa shape index (κ3) is 5.04. The molecule has 1 aliphatic carbocycles. The van der Waals surface area contributed by atoms with Crippen molar-refractivity contribution in [2.75, 3.05) is 26.8 Å². The summed E-state index contributed by atoms with van der Waals surface area (Å²) in [4.78, 5) is 24.1. The van der Waals surface area contributed by atoms with E-state index in [-0.39, 0.29) is 11.7 Å². The largest absolute Gasteiger partial charge is 0.494 e. The number of piperidine rings is 1. The molecule has 0 radical (unpaired) electrons. The van der Waals surface area contributed by atoms with Crippen molar-refractivity contribution < 1.29 is 24.1 Å². The lowest BCUT2D eigenvalue weighted by molar-refractivity contribution is -0.0591. The Morgan fingerprint density at radius 2 is 1.88 bits per heavy atom. The molecule has 3 fully saturated rings. The number of rotatable bonds is 10. The number of carboxylic acids is 1. The number of hydrogen-bond donors (Lipinski definition) is 1. The minimum Gasteiger partial charge on any atom is -0.494 e. The first-order valence-corrected chi connectivity index (χ1v) is 14.3. The van der Waals surface area contributed by atoms with Crippen LogP contribution in [0.4, 0.5) is 0 Å². The molecule has 4 aromatic rings. The number of pyridine rings is 1. The lowest BCUT2D eigenvalue weighted by Gasteiger charge is -2.28. The molecule has 4 heterocycles. The zero-order valence-electron chi connectivity index (χ0n) is 23.3. The second-order valence-electron chi connectivity index (χ2n) is 11.5. The van der Waals surface area contributed by atoms with E-state index in [1.807, 2.05) is 12.1 Å². The highest BCUT2D eigenvalue weighted by molar-refractivity contribution is 5.95. The molecule has 1 saturated carbocycles. The molecule has 212 valence electrons. The summed E-state index contributed by atoms with van der Waals surface area (Å²) in [6.07, 6.45) is 1.11. The number of aryl methyl sites for hydroxylation is 1. The van der Waals surface area contributed by atoms with Gasteiger partial charge >= 0.3 is 5.97 Å². The lowest BCUT2D eigenvalue weighted by atomic mass is 10.1. The van der Waals surface area contributed by atoms with Gasteiger partial charge in [-0.2, -0.15) is 0 Å². The molecule has 2 aromatic heterocycles. The summed E-state index contributed by atoms with van der Waals surface area (Å²) in [5.41, 5.74) is 5.15. The third-order valence-electron chi connectivity index (χ3n) is 8.77. The van der Waals surface area contributed by atoms with Gasteiger partial charge in [0.05, 0.1) is 37.4 Å². The van der Waals surface area contributed by atoms with Crippen molar-refractivity contribution in [3.63, 3.8) is 0 Å². The van der Waals surface area contributed by atoms with Crippen molar-refractivity contribution in [1.29, 1.82) is 0 Å². The van der Waals surface area contributed by atoms with Gasteiger partial charge in [-0.15, -0.1) is 0 Å². The van der Waals surface area contributed by atoms with Gasteiger partial charge in [0, 0.05) is 37.4 Å². The Morgan fingerprint density at radius 1 is 1.10 bits per heavy atom. The Hall–Kier alpha value is -3.95. The molecule has 1 N–H and O–H groups in total. The van der Waals surface area contributed by atoms with Crippen LogP contribution in [0.3, 0.4) is 0 Å². The molecular formula is C32H34N4O5. The topological polar surface area (TPSA) is 98.9 Å². The number of benzene rings is 2. The van der Waals surface area contributed by atoms with Crippen LogP contribution in [-0.2, 0) is 24.4 Å². The fraction of sp³-hybridized carbons (Fsp3) is 0.406. The van der Waals surface area contributed by atoms with E-state index in [4.69, 9.17) is 24.2 Å². The van der Waals surface area contributed by atoms with Crippen LogP contribution in [-0.4, -0.2) is 63.4 Å². The van der Waals surface area contributed by atoms with Crippen LogP contribution in [0.15, 0.2) is 54.6 Å². The quantitative estimate of drug-likeness (QED) is 0.302. The van der Waals surface area contributed by atoms with Gasteiger partial charge in [-0.3, -0.25) is 4.90 Å². The number of methoxy groups -OCH3 is 1. The summed E-state index contributed by atoms with van der Waals surface area (Å²) >= 11 is 0. The molecule has 9 nitrogen and oxygen atoms in total. The number of fused-ring (bicyclic) bond motifs is 2. The van der Waals surface area contributed by atoms with Crippen LogP contribution >= 0.6 is 0 Å². The van der Waals surface area contributed by atoms with Gasteiger partial charge in [0.15, 0.2) is 0 Å². The summed E-state index contributed by atoms with van der Waals surface area (Å²) in [7, 11) is 1.55. The molecule has 2 saturated heterocycles. The van der Waals surface area contributed by atoms with Crippen molar-refractivity contribution in [2.24, 2.45) is 11.8 Å². The number of carbonyl (C=O) groups is 1. The maximum atomic E-state index is 11.8. The van der Waals surface area contributed by atoms with E-state index in [9.17, 15) is 9.90 Å². The zero-order valence-corrected chi connectivity index (χ0v) is 23.3. The van der Waals surface area contributed by atoms with Crippen molar-refractivity contribution in [2.45, 2.75) is 45.1 Å². The summed E-state index contributed by atoms with van der Waals surface area (Å²) in [5, 5.41) is 9.66. The number of likely N-dealkylation sites (tertiary alicyclic amines) is 1. The monoisotopic (exact) mass is 554 g/mol. The van der Waals surface area contributed by atoms with Crippen molar-refractivity contribution in [1.82, 2.24) is 19.4 Å². The second-order valence-corrected chi connectivity index (χ2v) is 11.5. The first-order valence-electron chi connectivity index (χ1n) is 14.3. The average Bonchev–Trinajstić information content (AvgIpc) is 3.27. The Bertz CT molecular complexity index is 1580. The Labute approximate surface area is 238 Å². The number of aromatic carboxylic acids is 1. The van der Waals surface area contributed by atoms with Crippen LogP contribution in [0, 0.1) is 18.8 Å². The number of imidazole rings is 1. The SMILES string of the molecule is COc1cc(C(=O)O)cc2c1nc(CN1C[C@@H]3C(c4cccc(OCc5ccc(C)cc5)n4)[C@@H]3C1)n2C[C@@H]1CCO1. The summed E-state index contributed by atoms with van der Waals surface area (Å²) in [6.45, 7) is 6.66. The smallest absolute Gasteiger partial charge is 0.335 e. The van der Waals surface area contributed by atoms with Gasteiger partial charge in [0.1, 0.15) is 23.7 Å². The van der Waals surface area contributed by atoms with Crippen molar-refractivity contribution in [3.8, 4) is 11.6 Å². The fourth-order valence-corrected chi connectivity index (χ4v) is 6.40. The van der Waals surface area contributed by atoms with E-state index in [0.29, 0.717) is 54.6 Å². The second kappa shape index (κ2) is 10.5. The van der Waals surface area contributed by atoms with Gasteiger partial charge in [-0.1, -0.05) is 35.9 Å². The molecule has 4 atom stereocenters. The predicted molar refractivity (Wildman–Crippen MR) is 152 cm³/mol. The molecule has 0 amide bonds. The van der Waals surface area contributed by atoms with Gasteiger partial charge in [0.25, 0.3) is 0 Å². The molecular weight excluding hydrogens is 520 g/mol. The summed E-state index contributed by atoms with van der Waals surface area (Å²) in [5.74, 6) is 2.67. The molecule has 2 aliphatic heterocycles. The fourth-order valence-electron chi connectivity index (χ4n) is 6.40. The van der Waals surface area contributed by atoms with Crippen LogP contribution in [0.5, 0.6) is 11.6 Å². The number of hydrogen-bond acceptors (Lipinski definition) is 7. The minimum absolute atomic E-state index is 0.119. The Morgan fingerprint density at radius 3 is 2.56 bits per heavy atom. The molecule has 0 bridgehead atoms. The highest BCUT2D eigenvalue weighted by Crippen LogP contribution is 2.58. The maximum Gasteiger partial charge on any atom is 0.335 e. The summed E-state index contributed by atoms with van der Waals surface area (Å²) in [6, 6.07) is 17.7. The van der Waals surface area contributed by atoms with Crippen LogP contribution < -0.4 is 9.47 Å². The average molecular weight is 555 g/mol. The first-order chi connectivity index (χ1) is 20.0. The summed E-state index contributed by atoms with van der Waals surface area (Å²) < 4.78 is 19.4. The maximum absolute atomic E-state index is 11.8. The number of nitrogens with zero attached hydrogens (tertiary/aromatic N) is 4. The Kier molecular flexibility index (Phi) is 6.63. The van der Waals surface area contributed by atoms with E-state index in [1.54, 1.807) is 19.2 Å². The minimum atomic E-state index is -0.983. The molecule has 0 spiro atoms. The van der Waals surface area contributed by atoms with Gasteiger partial charge in [0.2, 0.25) is 5.88 Å². The molecule has 9 heteroatoms. The normalized spacial score (nSPS) is 23.3. The van der Waals surface area contributed by atoms with Crippen molar-refractivity contribution in [3.05, 3.63) is 82.8 Å².